The fourth-order valence-electron chi connectivity index (χ4n) is 4.50. The number of carboxylic acids is 3. The Labute approximate surface area is 246 Å². The molecule has 42 heavy (non-hydrogen) atoms. The third kappa shape index (κ3) is 9.94. The summed E-state index contributed by atoms with van der Waals surface area (Å²) in [5.74, 6) is -3.91. The number of nitrogens with one attached hydrogen (secondary N) is 3. The number of benzene rings is 1. The molecule has 0 bridgehead atoms. The molecule has 14 nitrogen and oxygen atoms in total. The topological polar surface area (TPSA) is 199 Å². The lowest BCUT2D eigenvalue weighted by molar-refractivity contribution is -0.141. The SMILES string of the molecule is O=C(O)CCC(NC(=O)NC(CC1CCN(C(=S)Nc2ccc(-n3cc(CCCF)nn3)cc2)CC1)C(=O)O)C(=O)O. The van der Waals surface area contributed by atoms with Crippen LogP contribution in [0.3, 0.4) is 0 Å². The number of hydrogen-bond acceptors (Lipinski definition) is 7. The van der Waals surface area contributed by atoms with Crippen molar-refractivity contribution in [1.82, 2.24) is 30.5 Å². The maximum Gasteiger partial charge on any atom is 0.326 e. The van der Waals surface area contributed by atoms with Gasteiger partial charge in [0, 0.05) is 25.2 Å². The number of anilines is 1. The number of aromatic nitrogens is 3. The maximum absolute atomic E-state index is 12.4. The maximum atomic E-state index is 12.4. The highest BCUT2D eigenvalue weighted by Crippen LogP contribution is 2.23. The van der Waals surface area contributed by atoms with Crippen LogP contribution in [0.5, 0.6) is 0 Å². The van der Waals surface area contributed by atoms with Crippen LogP contribution in [-0.2, 0) is 20.8 Å². The first-order chi connectivity index (χ1) is 20.0. The Morgan fingerprint density at radius 3 is 2.26 bits per heavy atom. The number of rotatable bonds is 14. The number of urea groups is 1. The molecule has 1 aromatic heterocycles. The second kappa shape index (κ2) is 15.6. The summed E-state index contributed by atoms with van der Waals surface area (Å²) in [6.07, 6.45) is 3.28. The summed E-state index contributed by atoms with van der Waals surface area (Å²) in [6, 6.07) is 3.70. The normalized spacial score (nSPS) is 14.9. The number of halogens is 1. The molecule has 1 fully saturated rings. The van der Waals surface area contributed by atoms with Crippen LogP contribution in [0.25, 0.3) is 5.69 Å². The van der Waals surface area contributed by atoms with Gasteiger partial charge in [0.15, 0.2) is 5.11 Å². The monoisotopic (exact) mass is 607 g/mol. The van der Waals surface area contributed by atoms with Crippen LogP contribution in [0.1, 0.15) is 44.2 Å². The van der Waals surface area contributed by atoms with Crippen molar-refractivity contribution in [3.63, 3.8) is 0 Å². The Kier molecular flexibility index (Phi) is 12.0. The fraction of sp³-hybridized carbons (Fsp3) is 0.500. The van der Waals surface area contributed by atoms with E-state index in [1.807, 2.05) is 29.2 Å². The van der Waals surface area contributed by atoms with Crippen molar-refractivity contribution in [3.05, 3.63) is 36.2 Å². The molecule has 1 aliphatic rings. The van der Waals surface area contributed by atoms with E-state index >= 15 is 0 Å². The van der Waals surface area contributed by atoms with E-state index in [1.54, 1.807) is 10.9 Å². The minimum absolute atomic E-state index is 0.0236. The summed E-state index contributed by atoms with van der Waals surface area (Å²) in [7, 11) is 0. The number of likely N-dealkylation sites (tertiary alicyclic amines) is 1. The molecule has 16 heteroatoms. The van der Waals surface area contributed by atoms with Gasteiger partial charge in [-0.1, -0.05) is 5.21 Å². The molecule has 2 atom stereocenters. The molecular weight excluding hydrogens is 573 g/mol. The number of piperidine rings is 1. The van der Waals surface area contributed by atoms with Gasteiger partial charge in [0.2, 0.25) is 0 Å². The number of carbonyl (C=O) groups excluding carboxylic acids is 1. The molecule has 0 saturated carbocycles. The standard InChI is InChI=1S/C26H34FN7O7S/c27-11-1-2-18-15-34(32-31-18)19-5-3-17(4-6-19)28-26(42)33-12-9-16(10-13-33)14-21(24(39)40)30-25(41)29-20(23(37)38)7-8-22(35)36/h3-6,15-16,20-21H,1-2,7-14H2,(H,28,42)(H,35,36)(H,37,38)(H,39,40)(H2,29,30,41). The largest absolute Gasteiger partial charge is 0.481 e. The van der Waals surface area contributed by atoms with Crippen molar-refractivity contribution >= 4 is 47.0 Å². The molecule has 2 unspecified atom stereocenters. The molecule has 1 saturated heterocycles. The zero-order chi connectivity index (χ0) is 30.6. The van der Waals surface area contributed by atoms with Gasteiger partial charge < -0.3 is 36.2 Å². The lowest BCUT2D eigenvalue weighted by Crippen LogP contribution is -2.52. The third-order valence-corrected chi connectivity index (χ3v) is 7.18. The Morgan fingerprint density at radius 1 is 1.02 bits per heavy atom. The van der Waals surface area contributed by atoms with E-state index in [4.69, 9.17) is 17.3 Å². The number of thiocarbonyl (C=S) groups is 1. The summed E-state index contributed by atoms with van der Waals surface area (Å²) in [5.41, 5.74) is 2.28. The Morgan fingerprint density at radius 2 is 1.67 bits per heavy atom. The molecule has 0 aliphatic carbocycles. The number of alkyl halides is 1. The van der Waals surface area contributed by atoms with Gasteiger partial charge in [-0.2, -0.15) is 0 Å². The van der Waals surface area contributed by atoms with Crippen LogP contribution in [-0.4, -0.2) is 96.1 Å². The van der Waals surface area contributed by atoms with Crippen LogP contribution in [0.4, 0.5) is 14.9 Å². The summed E-state index contributed by atoms with van der Waals surface area (Å²) < 4.78 is 14.0. The van der Waals surface area contributed by atoms with Gasteiger partial charge in [-0.3, -0.25) is 9.18 Å². The Balaban J connectivity index is 1.46. The smallest absolute Gasteiger partial charge is 0.326 e. The van der Waals surface area contributed by atoms with Gasteiger partial charge >= 0.3 is 23.9 Å². The number of aliphatic carboxylic acids is 3. The second-order valence-electron chi connectivity index (χ2n) is 9.92. The molecule has 2 amide bonds. The van der Waals surface area contributed by atoms with Gasteiger partial charge in [0.1, 0.15) is 12.1 Å². The van der Waals surface area contributed by atoms with E-state index in [2.05, 4.69) is 26.3 Å². The highest BCUT2D eigenvalue weighted by Gasteiger charge is 2.29. The summed E-state index contributed by atoms with van der Waals surface area (Å²) in [6.45, 7) is 0.743. The molecule has 6 N–H and O–H groups in total. The van der Waals surface area contributed by atoms with Gasteiger partial charge in [-0.15, -0.1) is 5.10 Å². The van der Waals surface area contributed by atoms with Crippen molar-refractivity contribution < 1.29 is 38.9 Å². The van der Waals surface area contributed by atoms with Crippen LogP contribution in [0.15, 0.2) is 30.5 Å². The van der Waals surface area contributed by atoms with E-state index in [9.17, 15) is 33.8 Å². The van der Waals surface area contributed by atoms with Crippen molar-refractivity contribution in [2.75, 3.05) is 25.1 Å². The number of carbonyl (C=O) groups is 4. The number of aryl methyl sites for hydroxylation is 1. The second-order valence-corrected chi connectivity index (χ2v) is 10.3. The molecule has 0 spiro atoms. The molecule has 3 rings (SSSR count). The van der Waals surface area contributed by atoms with Crippen molar-refractivity contribution in [2.24, 2.45) is 5.92 Å². The quantitative estimate of drug-likeness (QED) is 0.171. The molecule has 2 heterocycles. The average molecular weight is 608 g/mol. The predicted octanol–water partition coefficient (Wildman–Crippen LogP) is 2.04. The Bertz CT molecular complexity index is 1250. The predicted molar refractivity (Wildman–Crippen MR) is 152 cm³/mol. The first-order valence-corrected chi connectivity index (χ1v) is 13.8. The number of nitrogens with zero attached hydrogens (tertiary/aromatic N) is 4. The van der Waals surface area contributed by atoms with Gasteiger partial charge in [-0.25, -0.2) is 19.1 Å². The highest BCUT2D eigenvalue weighted by atomic mass is 32.1. The lowest BCUT2D eigenvalue weighted by atomic mass is 9.90. The van der Waals surface area contributed by atoms with E-state index in [-0.39, 0.29) is 18.8 Å². The van der Waals surface area contributed by atoms with Gasteiger partial charge in [0.05, 0.1) is 24.3 Å². The van der Waals surface area contributed by atoms with Crippen molar-refractivity contribution in [2.45, 2.75) is 57.0 Å². The minimum atomic E-state index is -1.46. The van der Waals surface area contributed by atoms with Crippen LogP contribution in [0.2, 0.25) is 0 Å². The molecule has 1 aliphatic heterocycles. The van der Waals surface area contributed by atoms with Crippen LogP contribution in [0, 0.1) is 5.92 Å². The van der Waals surface area contributed by atoms with E-state index in [0.717, 1.165) is 11.4 Å². The van der Waals surface area contributed by atoms with Crippen LogP contribution < -0.4 is 16.0 Å². The zero-order valence-corrected chi connectivity index (χ0v) is 23.6. The third-order valence-electron chi connectivity index (χ3n) is 6.81. The van der Waals surface area contributed by atoms with Crippen molar-refractivity contribution in [1.29, 1.82) is 0 Å². The first kappa shape index (κ1) is 32.2. The molecule has 0 radical (unpaired) electrons. The fourth-order valence-corrected chi connectivity index (χ4v) is 4.80. The number of amides is 2. The minimum Gasteiger partial charge on any atom is -0.481 e. The number of hydrogen-bond donors (Lipinski definition) is 6. The summed E-state index contributed by atoms with van der Waals surface area (Å²) in [4.78, 5) is 48.0. The zero-order valence-electron chi connectivity index (χ0n) is 22.7. The van der Waals surface area contributed by atoms with Gasteiger partial charge in [0.25, 0.3) is 0 Å². The lowest BCUT2D eigenvalue weighted by Gasteiger charge is -2.34. The first-order valence-electron chi connectivity index (χ1n) is 13.4. The van der Waals surface area contributed by atoms with E-state index in [0.29, 0.717) is 49.6 Å². The average Bonchev–Trinajstić information content (AvgIpc) is 3.43. The van der Waals surface area contributed by atoms with Crippen LogP contribution >= 0.6 is 12.2 Å². The Hall–Kier alpha value is -4.34. The molecular formula is C26H34FN7O7S. The number of carboxylic acid groups (broad SMARTS) is 3. The highest BCUT2D eigenvalue weighted by molar-refractivity contribution is 7.80. The molecule has 2 aromatic rings. The summed E-state index contributed by atoms with van der Waals surface area (Å²) >= 11 is 5.56. The molecule has 228 valence electrons. The molecule has 1 aromatic carbocycles. The van der Waals surface area contributed by atoms with Gasteiger partial charge in [-0.05, 0) is 80.9 Å². The van der Waals surface area contributed by atoms with E-state index < -0.39 is 49.1 Å². The van der Waals surface area contributed by atoms with Crippen molar-refractivity contribution in [3.8, 4) is 5.69 Å². The summed E-state index contributed by atoms with van der Waals surface area (Å²) in [5, 5.41) is 43.8. The van der Waals surface area contributed by atoms with E-state index in [1.165, 1.54) is 0 Å².